The van der Waals surface area contributed by atoms with E-state index in [4.69, 9.17) is 4.42 Å². The summed E-state index contributed by atoms with van der Waals surface area (Å²) in [6.45, 7) is 0. The Balaban J connectivity index is 2.36. The van der Waals surface area contributed by atoms with Gasteiger partial charge in [0.05, 0.1) is 16.3 Å². The Morgan fingerprint density at radius 1 is 1.05 bits per heavy atom. The molecular formula is C16H10BrFO2. The zero-order chi connectivity index (χ0) is 14.1. The van der Waals surface area contributed by atoms with E-state index in [0.717, 1.165) is 0 Å². The minimum atomic E-state index is -0.334. The van der Waals surface area contributed by atoms with Crippen molar-refractivity contribution in [2.24, 2.45) is 0 Å². The molecule has 0 fully saturated rings. The lowest BCUT2D eigenvalue weighted by atomic mass is 10.0. The van der Waals surface area contributed by atoms with Crippen LogP contribution in [0.25, 0.3) is 22.1 Å². The lowest BCUT2D eigenvalue weighted by molar-refractivity contribution is 0.564. The standard InChI is InChI=1S/C16H10BrFO2/c17-9-14-15(10-5-7-11(18)8-6-10)16(19)12-3-1-2-4-13(12)20-14/h1-8H,9H2. The van der Waals surface area contributed by atoms with Gasteiger partial charge in [0.2, 0.25) is 5.43 Å². The highest BCUT2D eigenvalue weighted by molar-refractivity contribution is 9.08. The van der Waals surface area contributed by atoms with E-state index in [0.29, 0.717) is 33.2 Å². The van der Waals surface area contributed by atoms with Crippen LogP contribution in [0.3, 0.4) is 0 Å². The van der Waals surface area contributed by atoms with Gasteiger partial charge in [-0.2, -0.15) is 0 Å². The summed E-state index contributed by atoms with van der Waals surface area (Å²) in [7, 11) is 0. The van der Waals surface area contributed by atoms with Crippen LogP contribution in [0.5, 0.6) is 0 Å². The van der Waals surface area contributed by atoms with Crippen LogP contribution < -0.4 is 5.43 Å². The molecule has 1 aromatic heterocycles. The van der Waals surface area contributed by atoms with Crippen LogP contribution in [0.2, 0.25) is 0 Å². The fourth-order valence-electron chi connectivity index (χ4n) is 2.19. The van der Waals surface area contributed by atoms with E-state index in [-0.39, 0.29) is 11.2 Å². The van der Waals surface area contributed by atoms with E-state index >= 15 is 0 Å². The van der Waals surface area contributed by atoms with Gasteiger partial charge in [-0.1, -0.05) is 40.2 Å². The number of para-hydroxylation sites is 1. The van der Waals surface area contributed by atoms with Crippen LogP contribution in [0.4, 0.5) is 4.39 Å². The number of alkyl halides is 1. The highest BCUT2D eigenvalue weighted by Gasteiger charge is 2.15. The van der Waals surface area contributed by atoms with Gasteiger partial charge in [0, 0.05) is 0 Å². The molecule has 0 amide bonds. The minimum absolute atomic E-state index is 0.104. The van der Waals surface area contributed by atoms with Crippen molar-refractivity contribution in [2.45, 2.75) is 5.33 Å². The average molecular weight is 333 g/mol. The fraction of sp³-hybridized carbons (Fsp3) is 0.0625. The summed E-state index contributed by atoms with van der Waals surface area (Å²) < 4.78 is 18.8. The number of benzene rings is 2. The van der Waals surface area contributed by atoms with Crippen molar-refractivity contribution in [2.75, 3.05) is 0 Å². The monoisotopic (exact) mass is 332 g/mol. The van der Waals surface area contributed by atoms with Crippen LogP contribution in [-0.4, -0.2) is 0 Å². The quantitative estimate of drug-likeness (QED) is 0.647. The molecule has 1 heterocycles. The SMILES string of the molecule is O=c1c(-c2ccc(F)cc2)c(CBr)oc2ccccc12. The Kier molecular flexibility index (Phi) is 3.40. The van der Waals surface area contributed by atoms with E-state index in [1.807, 2.05) is 6.07 Å². The zero-order valence-corrected chi connectivity index (χ0v) is 12.0. The molecule has 0 radical (unpaired) electrons. The molecular weight excluding hydrogens is 323 g/mol. The first-order valence-corrected chi connectivity index (χ1v) is 7.19. The first-order chi connectivity index (χ1) is 9.70. The van der Waals surface area contributed by atoms with Gasteiger partial charge < -0.3 is 4.42 Å². The molecule has 0 spiro atoms. The second-order valence-corrected chi connectivity index (χ2v) is 4.93. The molecule has 2 aromatic carbocycles. The third kappa shape index (κ3) is 2.16. The molecule has 100 valence electrons. The molecule has 0 bridgehead atoms. The van der Waals surface area contributed by atoms with Crippen LogP contribution >= 0.6 is 15.9 Å². The van der Waals surface area contributed by atoms with E-state index in [1.54, 1.807) is 30.3 Å². The summed E-state index contributed by atoms with van der Waals surface area (Å²) >= 11 is 3.33. The highest BCUT2D eigenvalue weighted by Crippen LogP contribution is 2.26. The van der Waals surface area contributed by atoms with Gasteiger partial charge in [-0.25, -0.2) is 4.39 Å². The minimum Gasteiger partial charge on any atom is -0.459 e. The maximum atomic E-state index is 13.0. The molecule has 0 saturated carbocycles. The van der Waals surface area contributed by atoms with Crippen LogP contribution in [-0.2, 0) is 5.33 Å². The number of fused-ring (bicyclic) bond motifs is 1. The van der Waals surface area contributed by atoms with Gasteiger partial charge in [0.15, 0.2) is 0 Å². The summed E-state index contributed by atoms with van der Waals surface area (Å²) in [5, 5.41) is 0.941. The van der Waals surface area contributed by atoms with Crippen LogP contribution in [0.1, 0.15) is 5.76 Å². The molecule has 0 atom stereocenters. The smallest absolute Gasteiger partial charge is 0.200 e. The summed E-state index contributed by atoms with van der Waals surface area (Å²) in [5.74, 6) is 0.208. The van der Waals surface area contributed by atoms with E-state index < -0.39 is 0 Å². The Labute approximate surface area is 123 Å². The first-order valence-electron chi connectivity index (χ1n) is 6.07. The lowest BCUT2D eigenvalue weighted by Crippen LogP contribution is -2.08. The summed E-state index contributed by atoms with van der Waals surface area (Å²) in [4.78, 5) is 12.6. The number of hydrogen-bond acceptors (Lipinski definition) is 2. The first kappa shape index (κ1) is 13.1. The Hall–Kier alpha value is -1.94. The number of hydrogen-bond donors (Lipinski definition) is 0. The number of halogens is 2. The molecule has 0 aliphatic rings. The van der Waals surface area contributed by atoms with Gasteiger partial charge in [-0.3, -0.25) is 4.79 Å². The highest BCUT2D eigenvalue weighted by atomic mass is 79.9. The van der Waals surface area contributed by atoms with Crippen molar-refractivity contribution < 1.29 is 8.81 Å². The van der Waals surface area contributed by atoms with Crippen LogP contribution in [0, 0.1) is 5.82 Å². The lowest BCUT2D eigenvalue weighted by Gasteiger charge is -2.08. The van der Waals surface area contributed by atoms with Crippen molar-refractivity contribution in [1.29, 1.82) is 0 Å². The van der Waals surface area contributed by atoms with Crippen molar-refractivity contribution in [3.63, 3.8) is 0 Å². The molecule has 2 nitrogen and oxygen atoms in total. The van der Waals surface area contributed by atoms with Gasteiger partial charge in [0.25, 0.3) is 0 Å². The third-order valence-electron chi connectivity index (χ3n) is 3.13. The molecule has 4 heteroatoms. The molecule has 0 unspecified atom stereocenters. The van der Waals surface area contributed by atoms with E-state index in [2.05, 4.69) is 15.9 Å². The third-order valence-corrected chi connectivity index (χ3v) is 3.63. The summed E-state index contributed by atoms with van der Waals surface area (Å²) in [5.41, 5.74) is 1.58. The molecule has 3 rings (SSSR count). The molecule has 0 aliphatic heterocycles. The topological polar surface area (TPSA) is 30.2 Å². The summed E-state index contributed by atoms with van der Waals surface area (Å²) in [6, 6.07) is 12.9. The van der Waals surface area contributed by atoms with E-state index in [9.17, 15) is 9.18 Å². The average Bonchev–Trinajstić information content (AvgIpc) is 2.48. The van der Waals surface area contributed by atoms with Crippen molar-refractivity contribution in [3.8, 4) is 11.1 Å². The van der Waals surface area contributed by atoms with E-state index in [1.165, 1.54) is 12.1 Å². The largest absolute Gasteiger partial charge is 0.459 e. The van der Waals surface area contributed by atoms with Gasteiger partial charge in [-0.15, -0.1) is 0 Å². The predicted molar refractivity (Wildman–Crippen MR) is 80.5 cm³/mol. The fourth-order valence-corrected chi connectivity index (χ4v) is 2.59. The van der Waals surface area contributed by atoms with Crippen molar-refractivity contribution in [3.05, 3.63) is 70.3 Å². The van der Waals surface area contributed by atoms with Crippen LogP contribution in [0.15, 0.2) is 57.7 Å². The maximum absolute atomic E-state index is 13.0. The maximum Gasteiger partial charge on any atom is 0.200 e. The van der Waals surface area contributed by atoms with Crippen molar-refractivity contribution in [1.82, 2.24) is 0 Å². The molecule has 3 aromatic rings. The Morgan fingerprint density at radius 2 is 1.75 bits per heavy atom. The summed E-state index contributed by atoms with van der Waals surface area (Å²) in [6.07, 6.45) is 0. The Morgan fingerprint density at radius 3 is 2.45 bits per heavy atom. The molecule has 20 heavy (non-hydrogen) atoms. The molecule has 0 saturated heterocycles. The predicted octanol–water partition coefficient (Wildman–Crippen LogP) is 4.49. The van der Waals surface area contributed by atoms with Gasteiger partial charge >= 0.3 is 0 Å². The second-order valence-electron chi connectivity index (χ2n) is 4.37. The second kappa shape index (κ2) is 5.21. The number of rotatable bonds is 2. The Bertz CT molecular complexity index is 822. The van der Waals surface area contributed by atoms with Gasteiger partial charge in [-0.05, 0) is 29.8 Å². The van der Waals surface area contributed by atoms with Crippen molar-refractivity contribution >= 4 is 26.9 Å². The van der Waals surface area contributed by atoms with Gasteiger partial charge in [0.1, 0.15) is 17.2 Å². The zero-order valence-electron chi connectivity index (χ0n) is 10.4. The molecule has 0 N–H and O–H groups in total. The normalized spacial score (nSPS) is 10.9. The molecule has 0 aliphatic carbocycles.